The third-order valence-corrected chi connectivity index (χ3v) is 5.84. The summed E-state index contributed by atoms with van der Waals surface area (Å²) in [5, 5.41) is 7.12. The van der Waals surface area contributed by atoms with Gasteiger partial charge in [0.25, 0.3) is 0 Å². The number of rotatable bonds is 6. The lowest BCUT2D eigenvalue weighted by Crippen LogP contribution is -2.18. The average Bonchev–Trinajstić information content (AvgIpc) is 3.35. The first kappa shape index (κ1) is 20.7. The molecule has 1 aliphatic heterocycles. The molecule has 0 aromatic heterocycles. The molecule has 33 heavy (non-hydrogen) atoms. The van der Waals surface area contributed by atoms with Gasteiger partial charge in [0, 0.05) is 12.0 Å². The molecule has 0 fully saturated rings. The highest BCUT2D eigenvalue weighted by Crippen LogP contribution is 2.36. The second-order valence-corrected chi connectivity index (χ2v) is 8.04. The number of allylic oxidation sites excluding steroid dienone is 1. The Morgan fingerprint density at radius 2 is 1.36 bits per heavy atom. The molecule has 0 aliphatic carbocycles. The Morgan fingerprint density at radius 1 is 0.758 bits per heavy atom. The van der Waals surface area contributed by atoms with Crippen LogP contribution in [0, 0.1) is 0 Å². The molecule has 5 rings (SSSR count). The highest BCUT2D eigenvalue weighted by molar-refractivity contribution is 6.06. The van der Waals surface area contributed by atoms with Crippen molar-refractivity contribution in [3.8, 4) is 0 Å². The van der Waals surface area contributed by atoms with Gasteiger partial charge in [0.15, 0.2) is 5.78 Å². The third kappa shape index (κ3) is 4.68. The lowest BCUT2D eigenvalue weighted by molar-refractivity contribution is 0.104. The van der Waals surface area contributed by atoms with Crippen LogP contribution < -0.4 is 5.01 Å². The minimum absolute atomic E-state index is 0.000430. The van der Waals surface area contributed by atoms with E-state index in [4.69, 9.17) is 5.10 Å². The van der Waals surface area contributed by atoms with Gasteiger partial charge in [-0.05, 0) is 34.9 Å². The van der Waals surface area contributed by atoms with Crippen molar-refractivity contribution in [1.82, 2.24) is 0 Å². The number of hydrogen-bond acceptors (Lipinski definition) is 3. The number of benzene rings is 4. The van der Waals surface area contributed by atoms with Gasteiger partial charge >= 0.3 is 0 Å². The fraction of sp³-hybridized carbons (Fsp3) is 0.0667. The Hall–Kier alpha value is -4.24. The zero-order valence-corrected chi connectivity index (χ0v) is 18.2. The molecule has 1 heterocycles. The standard InChI is InChI=1S/C30H24N2O/c33-30(26-14-8-3-9-15-26)21-18-23-16-19-27(20-17-23)32-29(25-12-6-2-7-13-25)22-28(31-32)24-10-4-1-5-11-24/h1-21,29H,22H2/b21-18+/t29-/m0/s1. The van der Waals surface area contributed by atoms with Crippen LogP contribution in [0.3, 0.4) is 0 Å². The zero-order valence-electron chi connectivity index (χ0n) is 18.2. The number of hydrogen-bond donors (Lipinski definition) is 0. The van der Waals surface area contributed by atoms with Crippen LogP contribution in [-0.2, 0) is 0 Å². The van der Waals surface area contributed by atoms with E-state index in [0.717, 1.165) is 28.9 Å². The van der Waals surface area contributed by atoms with Crippen molar-refractivity contribution in [2.75, 3.05) is 5.01 Å². The van der Waals surface area contributed by atoms with E-state index >= 15 is 0 Å². The predicted molar refractivity (Wildman–Crippen MR) is 136 cm³/mol. The van der Waals surface area contributed by atoms with Gasteiger partial charge in [0.05, 0.1) is 17.4 Å². The van der Waals surface area contributed by atoms with Crippen LogP contribution in [0.2, 0.25) is 0 Å². The summed E-state index contributed by atoms with van der Waals surface area (Å²) in [6.07, 6.45) is 4.33. The molecule has 1 aliphatic rings. The molecule has 0 radical (unpaired) electrons. The van der Waals surface area contributed by atoms with Gasteiger partial charge in [-0.15, -0.1) is 0 Å². The molecule has 1 atom stereocenters. The summed E-state index contributed by atoms with van der Waals surface area (Å²) in [7, 11) is 0. The van der Waals surface area contributed by atoms with Crippen molar-refractivity contribution < 1.29 is 4.79 Å². The summed E-state index contributed by atoms with van der Waals surface area (Å²) in [6.45, 7) is 0. The summed E-state index contributed by atoms with van der Waals surface area (Å²) in [6, 6.07) is 38.5. The molecule has 0 N–H and O–H groups in total. The summed E-state index contributed by atoms with van der Waals surface area (Å²) in [5.74, 6) is 0.000430. The normalized spacial score (nSPS) is 15.6. The Kier molecular flexibility index (Phi) is 5.94. The number of ketones is 1. The van der Waals surface area contributed by atoms with E-state index in [0.29, 0.717) is 5.56 Å². The Balaban J connectivity index is 1.40. The van der Waals surface area contributed by atoms with Crippen molar-refractivity contribution in [2.45, 2.75) is 12.5 Å². The largest absolute Gasteiger partial charge is 0.289 e. The second kappa shape index (κ2) is 9.49. The van der Waals surface area contributed by atoms with Crippen molar-refractivity contribution in [3.05, 3.63) is 144 Å². The van der Waals surface area contributed by atoms with Gasteiger partial charge in [0.1, 0.15) is 0 Å². The predicted octanol–water partition coefficient (Wildman–Crippen LogP) is 6.94. The van der Waals surface area contributed by atoms with E-state index in [1.165, 1.54) is 5.56 Å². The fourth-order valence-electron chi connectivity index (χ4n) is 4.10. The molecule has 0 saturated heterocycles. The van der Waals surface area contributed by atoms with Crippen LogP contribution in [0.4, 0.5) is 5.69 Å². The summed E-state index contributed by atoms with van der Waals surface area (Å²) < 4.78 is 0. The smallest absolute Gasteiger partial charge is 0.185 e. The lowest BCUT2D eigenvalue weighted by atomic mass is 9.98. The van der Waals surface area contributed by atoms with Crippen LogP contribution in [0.1, 0.15) is 39.5 Å². The molecule has 4 aromatic carbocycles. The Labute approximate surface area is 194 Å². The number of carbonyl (C=O) groups excluding carboxylic acids is 1. The third-order valence-electron chi connectivity index (χ3n) is 5.84. The number of nitrogens with zero attached hydrogens (tertiary/aromatic N) is 2. The minimum Gasteiger partial charge on any atom is -0.289 e. The zero-order chi connectivity index (χ0) is 22.5. The summed E-state index contributed by atoms with van der Waals surface area (Å²) in [4.78, 5) is 12.4. The van der Waals surface area contributed by atoms with Crippen molar-refractivity contribution in [2.24, 2.45) is 5.10 Å². The molecule has 4 aromatic rings. The van der Waals surface area contributed by atoms with E-state index < -0.39 is 0 Å². The first-order valence-corrected chi connectivity index (χ1v) is 11.1. The summed E-state index contributed by atoms with van der Waals surface area (Å²) >= 11 is 0. The average molecular weight is 429 g/mol. The summed E-state index contributed by atoms with van der Waals surface area (Å²) in [5.41, 5.74) is 6.18. The molecule has 0 amide bonds. The number of carbonyl (C=O) groups is 1. The van der Waals surface area contributed by atoms with Crippen LogP contribution in [0.5, 0.6) is 0 Å². The highest BCUT2D eigenvalue weighted by atomic mass is 16.1. The van der Waals surface area contributed by atoms with E-state index in [1.807, 2.05) is 60.7 Å². The quantitative estimate of drug-likeness (QED) is 0.246. The number of hydrazone groups is 1. The first-order valence-electron chi connectivity index (χ1n) is 11.1. The van der Waals surface area contributed by atoms with Gasteiger partial charge in [0.2, 0.25) is 0 Å². The van der Waals surface area contributed by atoms with Gasteiger partial charge < -0.3 is 0 Å². The van der Waals surface area contributed by atoms with E-state index in [2.05, 4.69) is 65.7 Å². The fourth-order valence-corrected chi connectivity index (χ4v) is 4.10. The topological polar surface area (TPSA) is 32.7 Å². The molecule has 160 valence electrons. The molecule has 0 bridgehead atoms. The lowest BCUT2D eigenvalue weighted by Gasteiger charge is -2.24. The van der Waals surface area contributed by atoms with Crippen molar-refractivity contribution in [1.29, 1.82) is 0 Å². The van der Waals surface area contributed by atoms with Crippen LogP contribution >= 0.6 is 0 Å². The maximum absolute atomic E-state index is 12.4. The molecule has 3 nitrogen and oxygen atoms in total. The second-order valence-electron chi connectivity index (χ2n) is 8.04. The van der Waals surface area contributed by atoms with E-state index in [-0.39, 0.29) is 11.8 Å². The van der Waals surface area contributed by atoms with E-state index in [1.54, 1.807) is 6.08 Å². The molecule has 0 unspecified atom stereocenters. The van der Waals surface area contributed by atoms with Gasteiger partial charge in [-0.3, -0.25) is 9.80 Å². The molecular formula is C30H24N2O. The van der Waals surface area contributed by atoms with Crippen LogP contribution in [0.25, 0.3) is 6.08 Å². The minimum atomic E-state index is 0.000430. The van der Waals surface area contributed by atoms with Crippen molar-refractivity contribution >= 4 is 23.3 Å². The highest BCUT2D eigenvalue weighted by Gasteiger charge is 2.29. The van der Waals surface area contributed by atoms with Gasteiger partial charge in [-0.25, -0.2) is 0 Å². The van der Waals surface area contributed by atoms with Crippen LogP contribution in [-0.4, -0.2) is 11.5 Å². The molecule has 0 saturated carbocycles. The molecular weight excluding hydrogens is 404 g/mol. The van der Waals surface area contributed by atoms with E-state index in [9.17, 15) is 4.79 Å². The van der Waals surface area contributed by atoms with Gasteiger partial charge in [-0.2, -0.15) is 5.10 Å². The molecule has 0 spiro atoms. The molecule has 3 heteroatoms. The maximum Gasteiger partial charge on any atom is 0.185 e. The maximum atomic E-state index is 12.4. The Bertz CT molecular complexity index is 1280. The van der Waals surface area contributed by atoms with Crippen LogP contribution in [0.15, 0.2) is 126 Å². The van der Waals surface area contributed by atoms with Crippen molar-refractivity contribution in [3.63, 3.8) is 0 Å². The monoisotopic (exact) mass is 428 g/mol. The first-order chi connectivity index (χ1) is 16.3. The van der Waals surface area contributed by atoms with Gasteiger partial charge in [-0.1, -0.05) is 109 Å². The Morgan fingerprint density at radius 3 is 2.03 bits per heavy atom. The SMILES string of the molecule is O=C(/C=C/c1ccc(N2N=C(c3ccccc3)C[C@H]2c2ccccc2)cc1)c1ccccc1. The number of anilines is 1.